The van der Waals surface area contributed by atoms with E-state index in [0.29, 0.717) is 23.0 Å². The van der Waals surface area contributed by atoms with Crippen molar-refractivity contribution in [2.45, 2.75) is 37.8 Å². The maximum absolute atomic E-state index is 12.7. The monoisotopic (exact) mass is 396 g/mol. The van der Waals surface area contributed by atoms with Gasteiger partial charge in [0.1, 0.15) is 10.8 Å². The number of nitrogens with zero attached hydrogens (tertiary/aromatic N) is 3. The third-order valence-corrected chi connectivity index (χ3v) is 5.47. The van der Waals surface area contributed by atoms with Crippen LogP contribution in [0.15, 0.2) is 18.2 Å². The van der Waals surface area contributed by atoms with Crippen LogP contribution in [0.5, 0.6) is 0 Å². The molecule has 1 aromatic heterocycles. The predicted octanol–water partition coefficient (Wildman–Crippen LogP) is 3.21. The molecule has 0 spiro atoms. The number of carbonyl (C=O) groups is 1. The number of anilines is 1. The third kappa shape index (κ3) is 3.36. The molecule has 1 N–H and O–H groups in total. The van der Waals surface area contributed by atoms with Crippen molar-refractivity contribution in [2.24, 2.45) is 0 Å². The lowest BCUT2D eigenvalue weighted by Gasteiger charge is -2.23. The molecule has 1 unspecified atom stereocenters. The lowest BCUT2D eigenvalue weighted by atomic mass is 10.1. The fourth-order valence-corrected chi connectivity index (χ4v) is 4.17. The van der Waals surface area contributed by atoms with Crippen LogP contribution in [-0.4, -0.2) is 24.8 Å². The number of rotatable bonds is 3. The number of hydrogen-bond donors (Lipinski definition) is 1. The van der Waals surface area contributed by atoms with E-state index in [1.54, 1.807) is 4.68 Å². The van der Waals surface area contributed by atoms with E-state index >= 15 is 0 Å². The van der Waals surface area contributed by atoms with Gasteiger partial charge in [0, 0.05) is 28.0 Å². The number of aromatic nitrogens is 2. The zero-order valence-corrected chi connectivity index (χ0v) is 16.0. The van der Waals surface area contributed by atoms with Gasteiger partial charge in [0.25, 0.3) is 11.6 Å². The molecule has 1 amide bonds. The van der Waals surface area contributed by atoms with E-state index in [9.17, 15) is 19.1 Å². The van der Waals surface area contributed by atoms with Gasteiger partial charge in [0.2, 0.25) is 0 Å². The summed E-state index contributed by atoms with van der Waals surface area (Å²) >= 11 is 5.80. The van der Waals surface area contributed by atoms with Crippen molar-refractivity contribution in [2.75, 3.05) is 5.32 Å². The Balaban J connectivity index is 1.99. The molecule has 8 nitrogen and oxygen atoms in total. The minimum absolute atomic E-state index is 0.0393. The molecule has 0 saturated carbocycles. The number of amides is 1. The van der Waals surface area contributed by atoms with E-state index < -0.39 is 27.2 Å². The first-order chi connectivity index (χ1) is 12.1. The molecule has 1 aromatic carbocycles. The highest BCUT2D eigenvalue weighted by atomic mass is 35.5. The van der Waals surface area contributed by atoms with Crippen molar-refractivity contribution >= 4 is 39.8 Å². The fourth-order valence-electron chi connectivity index (χ4n) is 2.72. The van der Waals surface area contributed by atoms with Crippen LogP contribution in [0.3, 0.4) is 0 Å². The Kier molecular flexibility index (Phi) is 4.61. The highest BCUT2D eigenvalue weighted by Crippen LogP contribution is 2.33. The molecule has 138 valence electrons. The molecular weight excluding hydrogens is 380 g/mol. The van der Waals surface area contributed by atoms with Crippen LogP contribution in [0.4, 0.5) is 11.5 Å². The number of nitro groups is 1. The molecule has 0 aliphatic carbocycles. The molecule has 0 bridgehead atoms. The molecule has 10 heteroatoms. The fraction of sp³-hybridized carbons (Fsp3) is 0.375. The smallest absolute Gasteiger partial charge is 0.288 e. The zero-order valence-electron chi connectivity index (χ0n) is 14.4. The second-order valence-corrected chi connectivity index (χ2v) is 8.83. The quantitative estimate of drug-likeness (QED) is 0.633. The van der Waals surface area contributed by atoms with Gasteiger partial charge in [-0.3, -0.25) is 19.1 Å². The number of halogens is 1. The van der Waals surface area contributed by atoms with Gasteiger partial charge in [0.05, 0.1) is 27.7 Å². The van der Waals surface area contributed by atoms with Gasteiger partial charge in [-0.15, -0.1) is 0 Å². The SMILES string of the molecule is CC(C)(C)n1nc2c(c1NC(=O)c1ccc(Cl)c([N+](=O)[O-])c1)CS(=O)C2. The van der Waals surface area contributed by atoms with Gasteiger partial charge in [-0.05, 0) is 32.9 Å². The first kappa shape index (κ1) is 18.5. The Labute approximate surface area is 157 Å². The van der Waals surface area contributed by atoms with E-state index in [1.165, 1.54) is 12.1 Å². The van der Waals surface area contributed by atoms with E-state index in [0.717, 1.165) is 11.6 Å². The second kappa shape index (κ2) is 6.48. The van der Waals surface area contributed by atoms with Crippen LogP contribution in [0.1, 0.15) is 42.4 Å². The van der Waals surface area contributed by atoms with Crippen molar-refractivity contribution in [1.82, 2.24) is 9.78 Å². The molecule has 2 heterocycles. The minimum Gasteiger partial charge on any atom is -0.306 e. The van der Waals surface area contributed by atoms with Crippen LogP contribution in [-0.2, 0) is 27.8 Å². The third-order valence-electron chi connectivity index (χ3n) is 3.94. The minimum atomic E-state index is -1.04. The van der Waals surface area contributed by atoms with E-state index in [-0.39, 0.29) is 16.3 Å². The topological polar surface area (TPSA) is 107 Å². The molecule has 1 atom stereocenters. The Morgan fingerprint density at radius 3 is 2.69 bits per heavy atom. The molecule has 2 aromatic rings. The summed E-state index contributed by atoms with van der Waals surface area (Å²) in [5.41, 5.74) is 0.816. The molecule has 0 radical (unpaired) electrons. The largest absolute Gasteiger partial charge is 0.306 e. The van der Waals surface area contributed by atoms with Crippen LogP contribution in [0.2, 0.25) is 5.02 Å². The van der Waals surface area contributed by atoms with E-state index in [4.69, 9.17) is 11.6 Å². The highest BCUT2D eigenvalue weighted by Gasteiger charge is 2.31. The van der Waals surface area contributed by atoms with Gasteiger partial charge < -0.3 is 5.32 Å². The summed E-state index contributed by atoms with van der Waals surface area (Å²) in [6, 6.07) is 3.86. The number of fused-ring (bicyclic) bond motifs is 1. The average Bonchev–Trinajstić information content (AvgIpc) is 3.04. The average molecular weight is 397 g/mol. The number of nitrogens with one attached hydrogen (secondary N) is 1. The van der Waals surface area contributed by atoms with Crippen molar-refractivity contribution in [1.29, 1.82) is 0 Å². The van der Waals surface area contributed by atoms with Gasteiger partial charge in [0.15, 0.2) is 0 Å². The Bertz CT molecular complexity index is 948. The van der Waals surface area contributed by atoms with Crippen LogP contribution in [0.25, 0.3) is 0 Å². The molecule has 3 rings (SSSR count). The van der Waals surface area contributed by atoms with Crippen LogP contribution < -0.4 is 5.32 Å². The first-order valence-corrected chi connectivity index (χ1v) is 9.66. The lowest BCUT2D eigenvalue weighted by Crippen LogP contribution is -2.27. The summed E-state index contributed by atoms with van der Waals surface area (Å²) in [6.07, 6.45) is 0. The molecule has 1 aliphatic rings. The number of nitro benzene ring substituents is 1. The molecule has 0 fully saturated rings. The summed E-state index contributed by atoms with van der Waals surface area (Å²) in [5, 5.41) is 18.3. The van der Waals surface area contributed by atoms with Crippen molar-refractivity contribution in [3.63, 3.8) is 0 Å². The predicted molar refractivity (Wildman–Crippen MR) is 98.8 cm³/mol. The molecule has 26 heavy (non-hydrogen) atoms. The van der Waals surface area contributed by atoms with Gasteiger partial charge in [-0.2, -0.15) is 5.10 Å². The second-order valence-electron chi connectivity index (χ2n) is 6.96. The zero-order chi connectivity index (χ0) is 19.2. The molecular formula is C16H17ClN4O4S. The van der Waals surface area contributed by atoms with Gasteiger partial charge in [-0.1, -0.05) is 11.6 Å². The molecule has 1 aliphatic heterocycles. The van der Waals surface area contributed by atoms with Gasteiger partial charge >= 0.3 is 0 Å². The van der Waals surface area contributed by atoms with Crippen molar-refractivity contribution in [3.05, 3.63) is 50.2 Å². The maximum Gasteiger partial charge on any atom is 0.288 e. The summed E-state index contributed by atoms with van der Waals surface area (Å²) in [5.74, 6) is 0.631. The van der Waals surface area contributed by atoms with Crippen molar-refractivity contribution < 1.29 is 13.9 Å². The van der Waals surface area contributed by atoms with Gasteiger partial charge in [-0.25, -0.2) is 4.68 Å². The maximum atomic E-state index is 12.7. The summed E-state index contributed by atoms with van der Waals surface area (Å²) < 4.78 is 13.5. The Morgan fingerprint density at radius 1 is 1.38 bits per heavy atom. The van der Waals surface area contributed by atoms with E-state index in [1.807, 2.05) is 20.8 Å². The van der Waals surface area contributed by atoms with Crippen LogP contribution in [0, 0.1) is 10.1 Å². The number of benzene rings is 1. The highest BCUT2D eigenvalue weighted by molar-refractivity contribution is 7.83. The summed E-state index contributed by atoms with van der Waals surface area (Å²) in [4.78, 5) is 23.1. The lowest BCUT2D eigenvalue weighted by molar-refractivity contribution is -0.384. The number of hydrogen-bond acceptors (Lipinski definition) is 5. The summed E-state index contributed by atoms with van der Waals surface area (Å²) in [6.45, 7) is 5.82. The Morgan fingerprint density at radius 2 is 2.08 bits per heavy atom. The first-order valence-electron chi connectivity index (χ1n) is 7.79. The van der Waals surface area contributed by atoms with Crippen LogP contribution >= 0.6 is 11.6 Å². The Hall–Kier alpha value is -2.26. The van der Waals surface area contributed by atoms with E-state index in [2.05, 4.69) is 10.4 Å². The van der Waals surface area contributed by atoms with Crippen molar-refractivity contribution in [3.8, 4) is 0 Å². The standard InChI is InChI=1S/C16H17ClN4O4S/c1-16(2,3)20-14(10-7-26(25)8-12(10)19-20)18-15(22)9-4-5-11(17)13(6-9)21(23)24/h4-6H,7-8H2,1-3H3,(H,18,22). The normalized spacial score (nSPS) is 16.4. The number of carbonyl (C=O) groups excluding carboxylic acids is 1. The summed E-state index contributed by atoms with van der Waals surface area (Å²) in [7, 11) is -1.04. The molecule has 0 saturated heterocycles.